The molecule has 3 aromatic rings. The number of carbonyl (C=O) groups excluding carboxylic acids is 2. The fourth-order valence-corrected chi connectivity index (χ4v) is 4.16. The van der Waals surface area contributed by atoms with E-state index in [2.05, 4.69) is 4.98 Å². The first-order valence-electron chi connectivity index (χ1n) is 11.0. The molecule has 0 aliphatic carbocycles. The van der Waals surface area contributed by atoms with E-state index in [0.29, 0.717) is 18.4 Å². The Morgan fingerprint density at radius 3 is 2.39 bits per heavy atom. The van der Waals surface area contributed by atoms with Gasteiger partial charge < -0.3 is 12.7 Å². The SMILES string of the molecule is CCOC(=O)CCCc1cccc(-c2csc(C(=O)c3cc(F)c(C=C(C)C(=O)O)c(F)c3)n2)c1F.[H-].[H-].[Na+].[Na+]. The van der Waals surface area contributed by atoms with E-state index in [0.717, 1.165) is 29.5 Å². The topological polar surface area (TPSA) is 93.6 Å². The Bertz CT molecular complexity index is 1350. The molecule has 1 aromatic heterocycles. The van der Waals surface area contributed by atoms with Crippen molar-refractivity contribution in [3.8, 4) is 11.3 Å². The summed E-state index contributed by atoms with van der Waals surface area (Å²) in [6.45, 7) is 3.17. The first-order chi connectivity index (χ1) is 17.1. The third-order valence-corrected chi connectivity index (χ3v) is 6.07. The van der Waals surface area contributed by atoms with Crippen molar-refractivity contribution in [1.82, 2.24) is 4.98 Å². The molecule has 2 aromatic carbocycles. The number of esters is 1. The van der Waals surface area contributed by atoms with Crippen LogP contribution in [-0.4, -0.2) is 34.4 Å². The van der Waals surface area contributed by atoms with E-state index < -0.39 is 34.8 Å². The molecule has 192 valence electrons. The molecule has 0 bridgehead atoms. The summed E-state index contributed by atoms with van der Waals surface area (Å²) in [6.07, 6.45) is 1.69. The van der Waals surface area contributed by atoms with Gasteiger partial charge in [0.15, 0.2) is 5.01 Å². The number of carboxylic acid groups (broad SMARTS) is 1. The molecule has 0 amide bonds. The largest absolute Gasteiger partial charge is 1.00 e. The molecule has 0 aliphatic rings. The van der Waals surface area contributed by atoms with Crippen molar-refractivity contribution >= 4 is 35.1 Å². The normalized spacial score (nSPS) is 10.8. The molecule has 0 saturated carbocycles. The number of aromatic nitrogens is 1. The number of ketones is 1. The zero-order valence-electron chi connectivity index (χ0n) is 23.4. The number of carboxylic acids is 1. The van der Waals surface area contributed by atoms with Gasteiger partial charge in [0, 0.05) is 34.1 Å². The van der Waals surface area contributed by atoms with Crippen molar-refractivity contribution in [3.05, 3.63) is 80.4 Å². The quantitative estimate of drug-likeness (QED) is 0.162. The van der Waals surface area contributed by atoms with Gasteiger partial charge in [-0.15, -0.1) is 11.3 Å². The van der Waals surface area contributed by atoms with Crippen LogP contribution in [0.2, 0.25) is 0 Å². The van der Waals surface area contributed by atoms with Gasteiger partial charge in [-0.1, -0.05) is 12.1 Å². The average Bonchev–Trinajstić information content (AvgIpc) is 3.31. The maximum atomic E-state index is 15.1. The third kappa shape index (κ3) is 8.61. The number of hydrogen-bond donors (Lipinski definition) is 1. The van der Waals surface area contributed by atoms with Gasteiger partial charge in [0.2, 0.25) is 5.78 Å². The summed E-state index contributed by atoms with van der Waals surface area (Å²) in [4.78, 5) is 39.4. The molecule has 1 N–H and O–H groups in total. The summed E-state index contributed by atoms with van der Waals surface area (Å²) >= 11 is 0.897. The second-order valence-corrected chi connectivity index (χ2v) is 8.65. The van der Waals surface area contributed by atoms with E-state index >= 15 is 4.39 Å². The second kappa shape index (κ2) is 15.7. The van der Waals surface area contributed by atoms with Gasteiger partial charge in [-0.05, 0) is 56.5 Å². The Labute approximate surface area is 268 Å². The standard InChI is InChI=1S/C26H22F3NO5S.2Na.2H/c1-3-35-22(31)9-5-7-15-6-4-8-17(23(15)29)21-13-36-25(30-21)24(32)16-11-19(27)18(20(28)12-16)10-14(2)26(33)34;;;;/h4,6,8,10-13H,3,5,7,9H2,1-2H3,(H,33,34);;;;/q;2*+1;2*-1. The molecular formula is C26H24F3NNa2O5S. The molecule has 0 atom stereocenters. The average molecular weight is 566 g/mol. The number of halogens is 3. The van der Waals surface area contributed by atoms with Gasteiger partial charge in [-0.2, -0.15) is 0 Å². The predicted molar refractivity (Wildman–Crippen MR) is 130 cm³/mol. The number of carbonyl (C=O) groups is 3. The Morgan fingerprint density at radius 1 is 1.13 bits per heavy atom. The zero-order chi connectivity index (χ0) is 26.4. The van der Waals surface area contributed by atoms with Crippen LogP contribution in [0.1, 0.15) is 56.0 Å². The monoisotopic (exact) mass is 565 g/mol. The molecular weight excluding hydrogens is 541 g/mol. The first-order valence-corrected chi connectivity index (χ1v) is 11.8. The van der Waals surface area contributed by atoms with Crippen LogP contribution in [0.4, 0.5) is 13.2 Å². The molecule has 38 heavy (non-hydrogen) atoms. The van der Waals surface area contributed by atoms with Gasteiger partial charge in [-0.25, -0.2) is 22.9 Å². The van der Waals surface area contributed by atoms with Crippen LogP contribution in [0.15, 0.2) is 41.3 Å². The van der Waals surface area contributed by atoms with Crippen LogP contribution in [0.25, 0.3) is 17.3 Å². The first kappa shape index (κ1) is 34.2. The number of nitrogens with zero attached hydrogens (tertiary/aromatic N) is 1. The summed E-state index contributed by atoms with van der Waals surface area (Å²) in [6, 6.07) is 6.33. The number of benzene rings is 2. The van der Waals surface area contributed by atoms with E-state index in [4.69, 9.17) is 9.84 Å². The molecule has 3 rings (SSSR count). The summed E-state index contributed by atoms with van der Waals surface area (Å²) < 4.78 is 48.9. The Morgan fingerprint density at radius 2 is 1.79 bits per heavy atom. The Hall–Kier alpha value is -1.79. The van der Waals surface area contributed by atoms with Crippen LogP contribution in [-0.2, 0) is 20.7 Å². The van der Waals surface area contributed by atoms with Crippen LogP contribution >= 0.6 is 11.3 Å². The van der Waals surface area contributed by atoms with E-state index in [9.17, 15) is 23.2 Å². The molecule has 0 spiro atoms. The van der Waals surface area contributed by atoms with Gasteiger partial charge in [-0.3, -0.25) is 9.59 Å². The van der Waals surface area contributed by atoms with E-state index in [1.165, 1.54) is 18.4 Å². The molecule has 1 heterocycles. The maximum absolute atomic E-state index is 15.1. The minimum atomic E-state index is -1.33. The molecule has 12 heteroatoms. The van der Waals surface area contributed by atoms with Gasteiger partial charge in [0.1, 0.15) is 17.5 Å². The zero-order valence-corrected chi connectivity index (χ0v) is 26.3. The maximum Gasteiger partial charge on any atom is 1.00 e. The molecule has 0 saturated heterocycles. The van der Waals surface area contributed by atoms with Crippen LogP contribution in [0.3, 0.4) is 0 Å². The van der Waals surface area contributed by atoms with Gasteiger partial charge in [0.25, 0.3) is 0 Å². The van der Waals surface area contributed by atoms with Crippen molar-refractivity contribution in [1.29, 1.82) is 0 Å². The number of aryl methyl sites for hydroxylation is 1. The fraction of sp³-hybridized carbons (Fsp3) is 0.231. The van der Waals surface area contributed by atoms with Crippen molar-refractivity contribution < 1.29 is 99.4 Å². The van der Waals surface area contributed by atoms with Crippen molar-refractivity contribution in [2.45, 2.75) is 33.1 Å². The van der Waals surface area contributed by atoms with Gasteiger partial charge in [0.05, 0.1) is 12.3 Å². The number of aliphatic carboxylic acids is 1. The van der Waals surface area contributed by atoms with Crippen molar-refractivity contribution in [2.24, 2.45) is 0 Å². The molecule has 0 radical (unpaired) electrons. The van der Waals surface area contributed by atoms with Crippen molar-refractivity contribution in [3.63, 3.8) is 0 Å². The number of hydrogen-bond acceptors (Lipinski definition) is 6. The van der Waals surface area contributed by atoms with Crippen molar-refractivity contribution in [2.75, 3.05) is 6.61 Å². The Kier molecular flexibility index (Phi) is 14.2. The summed E-state index contributed by atoms with van der Waals surface area (Å²) in [5.74, 6) is -5.19. The summed E-state index contributed by atoms with van der Waals surface area (Å²) in [7, 11) is 0. The van der Waals surface area contributed by atoms with Gasteiger partial charge >= 0.3 is 71.1 Å². The van der Waals surface area contributed by atoms with E-state index in [1.54, 1.807) is 19.1 Å². The smallest absolute Gasteiger partial charge is 1.00 e. The van der Waals surface area contributed by atoms with Crippen LogP contribution in [0, 0.1) is 17.5 Å². The Balaban J connectivity index is 0. The summed E-state index contributed by atoms with van der Waals surface area (Å²) in [5.41, 5.74) is -0.451. The number of rotatable bonds is 10. The fourth-order valence-electron chi connectivity index (χ4n) is 3.38. The molecule has 0 aliphatic heterocycles. The number of thiazole rings is 1. The predicted octanol–water partition coefficient (Wildman–Crippen LogP) is 0.0651. The second-order valence-electron chi connectivity index (χ2n) is 7.79. The molecule has 0 fully saturated rings. The molecule has 0 unspecified atom stereocenters. The minimum absolute atomic E-state index is 0. The minimum Gasteiger partial charge on any atom is -1.00 e. The third-order valence-electron chi connectivity index (χ3n) is 5.22. The van der Waals surface area contributed by atoms with Crippen LogP contribution < -0.4 is 59.1 Å². The van der Waals surface area contributed by atoms with E-state index in [1.807, 2.05) is 0 Å². The van der Waals surface area contributed by atoms with E-state index in [-0.39, 0.29) is 108 Å². The van der Waals surface area contributed by atoms with Crippen LogP contribution in [0.5, 0.6) is 0 Å². The molecule has 6 nitrogen and oxygen atoms in total. The summed E-state index contributed by atoms with van der Waals surface area (Å²) in [5, 5.41) is 10.3. The number of ether oxygens (including phenoxy) is 1.